The molecule has 0 radical (unpaired) electrons. The second-order valence-electron chi connectivity index (χ2n) is 6.52. The molecule has 1 saturated heterocycles. The second-order valence-corrected chi connectivity index (χ2v) is 6.52. The normalized spacial score (nSPS) is 18.8. The highest BCUT2D eigenvalue weighted by molar-refractivity contribution is 5.93. The van der Waals surface area contributed by atoms with E-state index in [1.165, 1.54) is 18.2 Å². The minimum Gasteiger partial charge on any atom is -0.335 e. The van der Waals surface area contributed by atoms with Crippen molar-refractivity contribution in [3.8, 4) is 0 Å². The molecule has 1 aromatic carbocycles. The molecular weight excluding hydrogens is 335 g/mol. The number of amides is 3. The average molecular weight is 355 g/mol. The zero-order valence-electron chi connectivity index (χ0n) is 13.6. The first-order chi connectivity index (χ1) is 11.8. The summed E-state index contributed by atoms with van der Waals surface area (Å²) in [6.45, 7) is 0.856. The molecule has 25 heavy (non-hydrogen) atoms. The molecule has 3 rings (SSSR count). The first kappa shape index (κ1) is 17.6. The molecule has 2 N–H and O–H groups in total. The molecule has 1 saturated carbocycles. The van der Waals surface area contributed by atoms with Crippen LogP contribution in [0, 0.1) is 5.92 Å². The van der Waals surface area contributed by atoms with E-state index in [1.807, 2.05) is 0 Å². The molecule has 0 atom stereocenters. The minimum absolute atomic E-state index is 0.122. The van der Waals surface area contributed by atoms with Crippen molar-refractivity contribution in [2.45, 2.75) is 37.9 Å². The third kappa shape index (κ3) is 4.43. The molecule has 3 amide bonds. The van der Waals surface area contributed by atoms with Crippen LogP contribution in [0.1, 0.15) is 31.2 Å². The number of nitrogens with zero attached hydrogens (tertiary/aromatic N) is 1. The summed E-state index contributed by atoms with van der Waals surface area (Å²) >= 11 is 0. The van der Waals surface area contributed by atoms with Gasteiger partial charge < -0.3 is 15.5 Å². The maximum absolute atomic E-state index is 13.0. The van der Waals surface area contributed by atoms with Gasteiger partial charge in [-0.05, 0) is 37.8 Å². The Hall–Kier alpha value is -2.25. The van der Waals surface area contributed by atoms with E-state index in [-0.39, 0.29) is 17.8 Å². The van der Waals surface area contributed by atoms with Crippen molar-refractivity contribution in [2.75, 3.05) is 18.4 Å². The van der Waals surface area contributed by atoms with Crippen LogP contribution < -0.4 is 10.6 Å². The van der Waals surface area contributed by atoms with E-state index < -0.39 is 23.6 Å². The summed E-state index contributed by atoms with van der Waals surface area (Å²) in [6.07, 6.45) is -1.63. The number of piperidine rings is 1. The predicted octanol–water partition coefficient (Wildman–Crippen LogP) is 3.23. The second kappa shape index (κ2) is 6.93. The molecule has 1 heterocycles. The van der Waals surface area contributed by atoms with Crippen LogP contribution in [-0.4, -0.2) is 36.0 Å². The summed E-state index contributed by atoms with van der Waals surface area (Å²) < 4.78 is 39.0. The monoisotopic (exact) mass is 355 g/mol. The Labute approximate surface area is 143 Å². The molecule has 0 bridgehead atoms. The van der Waals surface area contributed by atoms with Gasteiger partial charge in [-0.1, -0.05) is 12.1 Å². The number of rotatable bonds is 3. The Bertz CT molecular complexity index is 651. The number of alkyl halides is 3. The number of carbonyl (C=O) groups is 2. The van der Waals surface area contributed by atoms with Crippen LogP contribution in [0.2, 0.25) is 0 Å². The Kier molecular flexibility index (Phi) is 4.87. The number of benzene rings is 1. The van der Waals surface area contributed by atoms with E-state index in [2.05, 4.69) is 10.6 Å². The molecule has 1 aromatic rings. The summed E-state index contributed by atoms with van der Waals surface area (Å²) in [6, 6.07) is 5.08. The molecule has 1 aliphatic carbocycles. The number of halogens is 3. The predicted molar refractivity (Wildman–Crippen MR) is 85.9 cm³/mol. The van der Waals surface area contributed by atoms with Gasteiger partial charge in [-0.25, -0.2) is 4.79 Å². The van der Waals surface area contributed by atoms with Crippen molar-refractivity contribution in [2.24, 2.45) is 5.92 Å². The van der Waals surface area contributed by atoms with Gasteiger partial charge in [0, 0.05) is 25.0 Å². The van der Waals surface area contributed by atoms with E-state index in [0.717, 1.165) is 18.9 Å². The summed E-state index contributed by atoms with van der Waals surface area (Å²) in [5.41, 5.74) is -1.08. The van der Waals surface area contributed by atoms with Crippen molar-refractivity contribution in [3.63, 3.8) is 0 Å². The highest BCUT2D eigenvalue weighted by Gasteiger charge is 2.35. The summed E-state index contributed by atoms with van der Waals surface area (Å²) in [5, 5.41) is 5.29. The Morgan fingerprint density at radius 1 is 1.04 bits per heavy atom. The quantitative estimate of drug-likeness (QED) is 0.875. The summed E-state index contributed by atoms with van der Waals surface area (Å²) in [7, 11) is 0. The van der Waals surface area contributed by atoms with Gasteiger partial charge in [-0.2, -0.15) is 13.2 Å². The molecule has 8 heteroatoms. The van der Waals surface area contributed by atoms with Crippen molar-refractivity contribution in [1.82, 2.24) is 10.2 Å². The fourth-order valence-corrected chi connectivity index (χ4v) is 2.91. The van der Waals surface area contributed by atoms with Crippen molar-refractivity contribution < 1.29 is 22.8 Å². The number of hydrogen-bond donors (Lipinski definition) is 2. The Morgan fingerprint density at radius 3 is 2.28 bits per heavy atom. The van der Waals surface area contributed by atoms with E-state index in [9.17, 15) is 22.8 Å². The van der Waals surface area contributed by atoms with Gasteiger partial charge in [0.25, 0.3) is 0 Å². The molecule has 0 aromatic heterocycles. The minimum atomic E-state index is -4.52. The number of para-hydroxylation sites is 1. The number of nitrogens with one attached hydrogen (secondary N) is 2. The SMILES string of the molecule is O=C(Nc1ccccc1C(F)(F)F)C1CCN(C(=O)NC2CC2)CC1. The number of likely N-dealkylation sites (tertiary alicyclic amines) is 1. The van der Waals surface area contributed by atoms with Crippen LogP contribution in [0.5, 0.6) is 0 Å². The van der Waals surface area contributed by atoms with Crippen LogP contribution in [0.4, 0.5) is 23.7 Å². The zero-order chi connectivity index (χ0) is 18.0. The van der Waals surface area contributed by atoms with Crippen LogP contribution in [0.25, 0.3) is 0 Å². The highest BCUT2D eigenvalue weighted by atomic mass is 19.4. The van der Waals surface area contributed by atoms with Crippen LogP contribution in [0.3, 0.4) is 0 Å². The standard InChI is InChI=1S/C17H20F3N3O2/c18-17(19,20)13-3-1-2-4-14(13)22-15(24)11-7-9-23(10-8-11)16(25)21-12-5-6-12/h1-4,11-12H,5-10H2,(H,21,25)(H,22,24). The van der Waals surface area contributed by atoms with Crippen LogP contribution in [-0.2, 0) is 11.0 Å². The van der Waals surface area contributed by atoms with Gasteiger partial charge in [0.1, 0.15) is 0 Å². The largest absolute Gasteiger partial charge is 0.418 e. The average Bonchev–Trinajstić information content (AvgIpc) is 3.38. The molecule has 136 valence electrons. The number of carbonyl (C=O) groups excluding carboxylic acids is 2. The van der Waals surface area contributed by atoms with Gasteiger partial charge in [0.2, 0.25) is 5.91 Å². The first-order valence-corrected chi connectivity index (χ1v) is 8.37. The lowest BCUT2D eigenvalue weighted by Crippen LogP contribution is -2.46. The van der Waals surface area contributed by atoms with Gasteiger partial charge in [0.15, 0.2) is 0 Å². The van der Waals surface area contributed by atoms with Crippen molar-refractivity contribution >= 4 is 17.6 Å². The number of hydrogen-bond acceptors (Lipinski definition) is 2. The van der Waals surface area contributed by atoms with Crippen molar-refractivity contribution in [3.05, 3.63) is 29.8 Å². The van der Waals surface area contributed by atoms with Gasteiger partial charge in [-0.15, -0.1) is 0 Å². The lowest BCUT2D eigenvalue weighted by Gasteiger charge is -2.31. The van der Waals surface area contributed by atoms with E-state index >= 15 is 0 Å². The Morgan fingerprint density at radius 2 is 1.68 bits per heavy atom. The fourth-order valence-electron chi connectivity index (χ4n) is 2.91. The summed E-state index contributed by atoms with van der Waals surface area (Å²) in [5.74, 6) is -0.829. The van der Waals surface area contributed by atoms with Crippen LogP contribution >= 0.6 is 0 Å². The van der Waals surface area contributed by atoms with E-state index in [0.29, 0.717) is 25.9 Å². The smallest absolute Gasteiger partial charge is 0.335 e. The Balaban J connectivity index is 1.56. The summed E-state index contributed by atoms with van der Waals surface area (Å²) in [4.78, 5) is 25.9. The van der Waals surface area contributed by atoms with Gasteiger partial charge in [0.05, 0.1) is 11.3 Å². The maximum atomic E-state index is 13.0. The van der Waals surface area contributed by atoms with Crippen LogP contribution in [0.15, 0.2) is 24.3 Å². The number of urea groups is 1. The van der Waals surface area contributed by atoms with E-state index in [4.69, 9.17) is 0 Å². The van der Waals surface area contributed by atoms with Gasteiger partial charge >= 0.3 is 12.2 Å². The molecule has 5 nitrogen and oxygen atoms in total. The lowest BCUT2D eigenvalue weighted by molar-refractivity contribution is -0.137. The first-order valence-electron chi connectivity index (χ1n) is 8.37. The maximum Gasteiger partial charge on any atom is 0.418 e. The molecular formula is C17H20F3N3O2. The third-order valence-electron chi connectivity index (χ3n) is 4.55. The highest BCUT2D eigenvalue weighted by Crippen LogP contribution is 2.35. The molecule has 2 fully saturated rings. The molecule has 0 unspecified atom stereocenters. The molecule has 1 aliphatic heterocycles. The van der Waals surface area contributed by atoms with Crippen molar-refractivity contribution in [1.29, 1.82) is 0 Å². The topological polar surface area (TPSA) is 61.4 Å². The van der Waals surface area contributed by atoms with Gasteiger partial charge in [-0.3, -0.25) is 4.79 Å². The number of anilines is 1. The lowest BCUT2D eigenvalue weighted by atomic mass is 9.96. The molecule has 0 spiro atoms. The third-order valence-corrected chi connectivity index (χ3v) is 4.55. The fraction of sp³-hybridized carbons (Fsp3) is 0.529. The van der Waals surface area contributed by atoms with E-state index in [1.54, 1.807) is 4.90 Å². The zero-order valence-corrected chi connectivity index (χ0v) is 13.6. The molecule has 2 aliphatic rings.